The fraction of sp³-hybridized carbons (Fsp3) is 0.429. The van der Waals surface area contributed by atoms with Crippen LogP contribution >= 0.6 is 0 Å². The van der Waals surface area contributed by atoms with E-state index in [-0.39, 0.29) is 17.8 Å². The van der Waals surface area contributed by atoms with Crippen LogP contribution in [0.4, 0.5) is 5.69 Å². The number of phenols is 1. The number of aromatic hydroxyl groups is 1. The van der Waals surface area contributed by atoms with Crippen molar-refractivity contribution in [2.24, 2.45) is 0 Å². The number of esters is 1. The third-order valence-corrected chi connectivity index (χ3v) is 5.28. The van der Waals surface area contributed by atoms with Gasteiger partial charge < -0.3 is 25.4 Å². The van der Waals surface area contributed by atoms with Crippen LogP contribution in [-0.4, -0.2) is 56.4 Å². The normalized spacial score (nSPS) is 18.2. The molecule has 28 heavy (non-hydrogen) atoms. The van der Waals surface area contributed by atoms with Crippen LogP contribution in [0.1, 0.15) is 24.0 Å². The van der Waals surface area contributed by atoms with Gasteiger partial charge in [-0.1, -0.05) is 6.07 Å². The number of likely N-dealkylation sites (N-methyl/N-ethyl adjacent to an activating group) is 2. The Morgan fingerprint density at radius 2 is 2.14 bits per heavy atom. The number of benzene rings is 1. The van der Waals surface area contributed by atoms with Gasteiger partial charge in [-0.25, -0.2) is 0 Å². The van der Waals surface area contributed by atoms with Crippen LogP contribution in [0.25, 0.3) is 11.1 Å². The highest BCUT2D eigenvalue weighted by Crippen LogP contribution is 2.49. The van der Waals surface area contributed by atoms with E-state index in [9.17, 15) is 9.90 Å². The highest BCUT2D eigenvalue weighted by molar-refractivity contribution is 5.90. The molecule has 0 aliphatic carbocycles. The molecule has 1 aliphatic rings. The van der Waals surface area contributed by atoms with Crippen LogP contribution in [0.3, 0.4) is 0 Å². The van der Waals surface area contributed by atoms with Gasteiger partial charge >= 0.3 is 5.97 Å². The van der Waals surface area contributed by atoms with Crippen LogP contribution in [0, 0.1) is 0 Å². The second-order valence-corrected chi connectivity index (χ2v) is 6.92. The van der Waals surface area contributed by atoms with E-state index >= 15 is 0 Å². The summed E-state index contributed by atoms with van der Waals surface area (Å²) < 4.78 is 5.39. The Kier molecular flexibility index (Phi) is 6.16. The monoisotopic (exact) mass is 384 g/mol. The van der Waals surface area contributed by atoms with Crippen molar-refractivity contribution in [3.63, 3.8) is 0 Å². The second kappa shape index (κ2) is 8.58. The van der Waals surface area contributed by atoms with Gasteiger partial charge in [0.2, 0.25) is 0 Å². The van der Waals surface area contributed by atoms with Gasteiger partial charge in [-0.05, 0) is 38.7 Å². The maximum atomic E-state index is 12.9. The van der Waals surface area contributed by atoms with Gasteiger partial charge in [0.1, 0.15) is 11.7 Å². The molecule has 2 heterocycles. The van der Waals surface area contributed by atoms with Crippen molar-refractivity contribution in [1.82, 2.24) is 15.6 Å². The third kappa shape index (κ3) is 3.43. The molecular weight excluding hydrogens is 356 g/mol. The Morgan fingerprint density at radius 1 is 1.36 bits per heavy atom. The minimum Gasteiger partial charge on any atom is -0.507 e. The SMILES string of the molecule is CCOC(=O)C1c2c(cc(-c3cccnc3)c(O)c2CNC)N(C)C1CNC. The van der Waals surface area contributed by atoms with Gasteiger partial charge in [0, 0.05) is 54.9 Å². The van der Waals surface area contributed by atoms with Crippen molar-refractivity contribution >= 4 is 11.7 Å². The smallest absolute Gasteiger partial charge is 0.315 e. The Hall–Kier alpha value is -2.64. The van der Waals surface area contributed by atoms with Crippen molar-refractivity contribution in [2.45, 2.75) is 25.4 Å². The van der Waals surface area contributed by atoms with Crippen molar-refractivity contribution in [2.75, 3.05) is 39.2 Å². The highest BCUT2D eigenvalue weighted by atomic mass is 16.5. The van der Waals surface area contributed by atoms with Gasteiger partial charge in [0.05, 0.1) is 12.6 Å². The zero-order valence-corrected chi connectivity index (χ0v) is 16.8. The minimum atomic E-state index is -0.468. The predicted molar refractivity (Wildman–Crippen MR) is 110 cm³/mol. The Balaban J connectivity index is 2.23. The third-order valence-electron chi connectivity index (χ3n) is 5.28. The lowest BCUT2D eigenvalue weighted by Gasteiger charge is -2.25. The summed E-state index contributed by atoms with van der Waals surface area (Å²) in [6.07, 6.45) is 3.43. The molecule has 2 aromatic rings. The number of nitrogens with one attached hydrogen (secondary N) is 2. The van der Waals surface area contributed by atoms with E-state index in [0.29, 0.717) is 25.3 Å². The van der Waals surface area contributed by atoms with Crippen molar-refractivity contribution in [3.8, 4) is 16.9 Å². The average molecular weight is 384 g/mol. The van der Waals surface area contributed by atoms with Crippen molar-refractivity contribution < 1.29 is 14.6 Å². The maximum absolute atomic E-state index is 12.9. The minimum absolute atomic E-state index is 0.0989. The summed E-state index contributed by atoms with van der Waals surface area (Å²) in [6.45, 7) is 3.19. The summed E-state index contributed by atoms with van der Waals surface area (Å²) in [5.41, 5.74) is 4.03. The van der Waals surface area contributed by atoms with Crippen molar-refractivity contribution in [3.05, 3.63) is 41.7 Å². The predicted octanol–water partition coefficient (Wildman–Crippen LogP) is 1.86. The molecule has 3 rings (SSSR count). The number of carbonyl (C=O) groups is 1. The summed E-state index contributed by atoms with van der Waals surface area (Å²) in [5, 5.41) is 17.4. The number of ether oxygens (including phenoxy) is 1. The van der Waals surface area contributed by atoms with Gasteiger partial charge in [-0.2, -0.15) is 0 Å². The van der Waals surface area contributed by atoms with Crippen LogP contribution in [0.15, 0.2) is 30.6 Å². The lowest BCUT2D eigenvalue weighted by atomic mass is 9.88. The van der Waals surface area contributed by atoms with Gasteiger partial charge in [0.25, 0.3) is 0 Å². The molecule has 0 spiro atoms. The largest absolute Gasteiger partial charge is 0.507 e. The van der Waals surface area contributed by atoms with E-state index in [0.717, 1.165) is 22.4 Å². The van der Waals surface area contributed by atoms with Crippen LogP contribution in [-0.2, 0) is 16.1 Å². The number of pyridine rings is 1. The van der Waals surface area contributed by atoms with Crippen molar-refractivity contribution in [1.29, 1.82) is 0 Å². The zero-order chi connectivity index (χ0) is 20.3. The molecule has 1 aromatic carbocycles. The average Bonchev–Trinajstić information content (AvgIpc) is 2.97. The fourth-order valence-electron chi connectivity index (χ4n) is 4.03. The summed E-state index contributed by atoms with van der Waals surface area (Å²) in [5.74, 6) is -0.558. The Bertz CT molecular complexity index is 841. The summed E-state index contributed by atoms with van der Waals surface area (Å²) in [4.78, 5) is 19.2. The van der Waals surface area contributed by atoms with Gasteiger partial charge in [0.15, 0.2) is 0 Å². The first-order valence-electron chi connectivity index (χ1n) is 9.52. The Labute approximate surface area is 165 Å². The van der Waals surface area contributed by atoms with Crippen LogP contribution in [0.5, 0.6) is 5.75 Å². The quantitative estimate of drug-likeness (QED) is 0.628. The number of nitrogens with zero attached hydrogens (tertiary/aromatic N) is 2. The fourth-order valence-corrected chi connectivity index (χ4v) is 4.03. The highest BCUT2D eigenvalue weighted by Gasteiger charge is 2.44. The molecule has 7 nitrogen and oxygen atoms in total. The number of anilines is 1. The standard InChI is InChI=1S/C21H28N4O3/c1-5-28-21(27)19-17(12-23-3)25(4)16-9-14(13-7-6-8-24-10-13)20(26)15(11-22-2)18(16)19/h6-10,17,19,22-23,26H,5,11-12H2,1-4H3. The molecule has 150 valence electrons. The first kappa shape index (κ1) is 20.1. The van der Waals surface area contributed by atoms with Gasteiger partial charge in [-0.3, -0.25) is 9.78 Å². The second-order valence-electron chi connectivity index (χ2n) is 6.92. The molecular formula is C21H28N4O3. The molecule has 0 saturated heterocycles. The summed E-state index contributed by atoms with van der Waals surface area (Å²) in [7, 11) is 5.67. The molecule has 1 aliphatic heterocycles. The molecule has 1 aromatic heterocycles. The van der Waals surface area contributed by atoms with E-state index in [1.54, 1.807) is 12.4 Å². The molecule has 0 amide bonds. The molecule has 2 unspecified atom stereocenters. The van der Waals surface area contributed by atoms with E-state index in [1.807, 2.05) is 46.3 Å². The topological polar surface area (TPSA) is 86.7 Å². The summed E-state index contributed by atoms with van der Waals surface area (Å²) in [6, 6.07) is 5.61. The van der Waals surface area contributed by atoms with Crippen LogP contribution in [0.2, 0.25) is 0 Å². The number of carbonyl (C=O) groups excluding carboxylic acids is 1. The molecule has 0 saturated carbocycles. The first-order valence-corrected chi connectivity index (χ1v) is 9.52. The number of fused-ring (bicyclic) bond motifs is 1. The number of phenolic OH excluding ortho intramolecular Hbond substituents is 1. The van der Waals surface area contributed by atoms with E-state index in [4.69, 9.17) is 4.74 Å². The van der Waals surface area contributed by atoms with Gasteiger partial charge in [-0.15, -0.1) is 0 Å². The Morgan fingerprint density at radius 3 is 2.75 bits per heavy atom. The lowest BCUT2D eigenvalue weighted by molar-refractivity contribution is -0.145. The molecule has 0 bridgehead atoms. The molecule has 0 radical (unpaired) electrons. The number of hydrogen-bond acceptors (Lipinski definition) is 7. The van der Waals surface area contributed by atoms with E-state index < -0.39 is 5.92 Å². The van der Waals surface area contributed by atoms with Crippen LogP contribution < -0.4 is 15.5 Å². The molecule has 3 N–H and O–H groups in total. The zero-order valence-electron chi connectivity index (χ0n) is 16.8. The number of hydrogen-bond donors (Lipinski definition) is 3. The van der Waals surface area contributed by atoms with E-state index in [1.165, 1.54) is 0 Å². The molecule has 7 heteroatoms. The maximum Gasteiger partial charge on any atom is 0.315 e. The first-order chi connectivity index (χ1) is 13.5. The summed E-state index contributed by atoms with van der Waals surface area (Å²) >= 11 is 0. The number of aromatic nitrogens is 1. The lowest BCUT2D eigenvalue weighted by Crippen LogP contribution is -2.41. The molecule has 0 fully saturated rings. The molecule has 2 atom stereocenters. The van der Waals surface area contributed by atoms with E-state index in [2.05, 4.69) is 20.5 Å². The number of rotatable bonds is 7.